The summed E-state index contributed by atoms with van der Waals surface area (Å²) in [5.74, 6) is -0.279. The number of carboxylic acids is 1. The van der Waals surface area contributed by atoms with Crippen LogP contribution < -0.4 is 10.1 Å². The second-order valence-electron chi connectivity index (χ2n) is 5.69. The number of rotatable bonds is 9. The molecule has 0 aliphatic rings. The highest BCUT2D eigenvalue weighted by atomic mass is 35.5. The summed E-state index contributed by atoms with van der Waals surface area (Å²) in [6, 6.07) is 12.4. The molecule has 0 saturated heterocycles. The third-order valence-electron chi connectivity index (χ3n) is 3.57. The summed E-state index contributed by atoms with van der Waals surface area (Å²) in [6.45, 7) is 0.755. The van der Waals surface area contributed by atoms with Crippen molar-refractivity contribution in [2.75, 3.05) is 6.61 Å². The molecule has 2 N–H and O–H groups in total. The normalized spacial score (nSPS) is 10.4. The van der Waals surface area contributed by atoms with Crippen molar-refractivity contribution in [1.82, 2.24) is 5.32 Å². The van der Waals surface area contributed by atoms with Crippen LogP contribution >= 0.6 is 23.2 Å². The van der Waals surface area contributed by atoms with E-state index >= 15 is 0 Å². The molecule has 26 heavy (non-hydrogen) atoms. The van der Waals surface area contributed by atoms with Gasteiger partial charge in [0.25, 0.3) is 0 Å². The van der Waals surface area contributed by atoms with Crippen LogP contribution in [0.3, 0.4) is 0 Å². The predicted molar refractivity (Wildman–Crippen MR) is 101 cm³/mol. The van der Waals surface area contributed by atoms with Gasteiger partial charge in [-0.3, -0.25) is 9.59 Å². The van der Waals surface area contributed by atoms with Crippen LogP contribution in [-0.2, 0) is 22.6 Å². The summed E-state index contributed by atoms with van der Waals surface area (Å²) in [7, 11) is 0. The Hall–Kier alpha value is -2.24. The average Bonchev–Trinajstić information content (AvgIpc) is 2.61. The van der Waals surface area contributed by atoms with Gasteiger partial charge < -0.3 is 15.2 Å². The van der Waals surface area contributed by atoms with Gasteiger partial charge >= 0.3 is 5.97 Å². The van der Waals surface area contributed by atoms with Gasteiger partial charge in [-0.25, -0.2) is 0 Å². The first-order valence-corrected chi connectivity index (χ1v) is 8.84. The number of carboxylic acid groups (broad SMARTS) is 1. The maximum Gasteiger partial charge on any atom is 0.303 e. The van der Waals surface area contributed by atoms with Gasteiger partial charge in [-0.05, 0) is 41.8 Å². The van der Waals surface area contributed by atoms with E-state index in [4.69, 9.17) is 33.0 Å². The number of ether oxygens (including phenoxy) is 1. The zero-order valence-electron chi connectivity index (χ0n) is 14.0. The van der Waals surface area contributed by atoms with E-state index in [-0.39, 0.29) is 18.7 Å². The zero-order valence-corrected chi connectivity index (χ0v) is 15.5. The molecule has 138 valence electrons. The predicted octanol–water partition coefficient (Wildman–Crippen LogP) is 4.10. The Morgan fingerprint density at radius 2 is 1.69 bits per heavy atom. The minimum atomic E-state index is -0.833. The first-order valence-electron chi connectivity index (χ1n) is 8.08. The molecule has 0 aliphatic carbocycles. The average molecular weight is 396 g/mol. The van der Waals surface area contributed by atoms with Crippen LogP contribution in [-0.4, -0.2) is 23.6 Å². The van der Waals surface area contributed by atoms with E-state index in [1.807, 2.05) is 12.1 Å². The van der Waals surface area contributed by atoms with Crippen molar-refractivity contribution >= 4 is 35.1 Å². The van der Waals surface area contributed by atoms with Gasteiger partial charge in [0, 0.05) is 13.0 Å². The number of carbonyl (C=O) groups excluding carboxylic acids is 1. The molecular weight excluding hydrogens is 377 g/mol. The number of hydrogen-bond acceptors (Lipinski definition) is 3. The first-order chi connectivity index (χ1) is 12.4. The number of benzene rings is 2. The molecule has 0 fully saturated rings. The zero-order chi connectivity index (χ0) is 18.9. The van der Waals surface area contributed by atoms with Crippen molar-refractivity contribution in [3.63, 3.8) is 0 Å². The fourth-order valence-electron chi connectivity index (χ4n) is 2.22. The Morgan fingerprint density at radius 1 is 1.00 bits per heavy atom. The van der Waals surface area contributed by atoms with Crippen molar-refractivity contribution in [1.29, 1.82) is 0 Å². The summed E-state index contributed by atoms with van der Waals surface area (Å²) in [5.41, 5.74) is 1.73. The molecule has 0 aliphatic heterocycles. The fourth-order valence-corrected chi connectivity index (χ4v) is 2.54. The van der Waals surface area contributed by atoms with Crippen LogP contribution in [0.1, 0.15) is 24.0 Å². The van der Waals surface area contributed by atoms with Crippen LogP contribution in [0.25, 0.3) is 0 Å². The van der Waals surface area contributed by atoms with Gasteiger partial charge in [0.1, 0.15) is 5.75 Å². The molecule has 7 heteroatoms. The van der Waals surface area contributed by atoms with Crippen LogP contribution in [0.15, 0.2) is 42.5 Å². The summed E-state index contributed by atoms with van der Waals surface area (Å²) < 4.78 is 5.46. The highest BCUT2D eigenvalue weighted by molar-refractivity contribution is 6.42. The minimum Gasteiger partial charge on any atom is -0.494 e. The topological polar surface area (TPSA) is 75.6 Å². The number of halogens is 2. The van der Waals surface area contributed by atoms with E-state index in [9.17, 15) is 9.59 Å². The van der Waals surface area contributed by atoms with E-state index in [0.29, 0.717) is 35.4 Å². The van der Waals surface area contributed by atoms with Gasteiger partial charge in [-0.15, -0.1) is 0 Å². The molecule has 0 aromatic heterocycles. The fraction of sp³-hybridized carbons (Fsp3) is 0.263. The third kappa shape index (κ3) is 6.94. The van der Waals surface area contributed by atoms with E-state index in [1.54, 1.807) is 30.3 Å². The molecule has 5 nitrogen and oxygen atoms in total. The summed E-state index contributed by atoms with van der Waals surface area (Å²) in [4.78, 5) is 22.4. The SMILES string of the molecule is O=C(O)CCCOc1ccc(CNC(=O)Cc2ccc(Cl)c(Cl)c2)cc1. The Labute approximate surface area is 161 Å². The molecule has 0 bridgehead atoms. The van der Waals surface area contributed by atoms with E-state index in [1.165, 1.54) is 0 Å². The maximum absolute atomic E-state index is 12.0. The molecule has 2 aromatic rings. The molecule has 0 saturated carbocycles. The second kappa shape index (κ2) is 10.0. The van der Waals surface area contributed by atoms with E-state index in [0.717, 1.165) is 11.1 Å². The van der Waals surface area contributed by atoms with Gasteiger partial charge in [0.05, 0.1) is 23.1 Å². The number of nitrogens with one attached hydrogen (secondary N) is 1. The van der Waals surface area contributed by atoms with E-state index < -0.39 is 5.97 Å². The highest BCUT2D eigenvalue weighted by Gasteiger charge is 2.06. The Balaban J connectivity index is 1.75. The quantitative estimate of drug-likeness (QED) is 0.626. The lowest BCUT2D eigenvalue weighted by molar-refractivity contribution is -0.137. The van der Waals surface area contributed by atoms with Crippen molar-refractivity contribution < 1.29 is 19.4 Å². The Bertz CT molecular complexity index is 763. The van der Waals surface area contributed by atoms with Crippen LogP contribution in [0.5, 0.6) is 5.75 Å². The number of hydrogen-bond donors (Lipinski definition) is 2. The van der Waals surface area contributed by atoms with Crippen molar-refractivity contribution in [2.24, 2.45) is 0 Å². The molecule has 0 atom stereocenters. The molecule has 0 unspecified atom stereocenters. The van der Waals surface area contributed by atoms with Gasteiger partial charge in [0.15, 0.2) is 0 Å². The standard InChI is InChI=1S/C19H19Cl2NO4/c20-16-8-5-14(10-17(16)21)11-18(23)22-12-13-3-6-15(7-4-13)26-9-1-2-19(24)25/h3-8,10H,1-2,9,11-12H2,(H,22,23)(H,24,25). The van der Waals surface area contributed by atoms with Crippen LogP contribution in [0.4, 0.5) is 0 Å². The monoisotopic (exact) mass is 395 g/mol. The number of aliphatic carboxylic acids is 1. The minimum absolute atomic E-state index is 0.0863. The molecule has 1 amide bonds. The van der Waals surface area contributed by atoms with Gasteiger partial charge in [0.2, 0.25) is 5.91 Å². The summed E-state index contributed by atoms with van der Waals surface area (Å²) in [6.07, 6.45) is 0.770. The lowest BCUT2D eigenvalue weighted by atomic mass is 10.1. The summed E-state index contributed by atoms with van der Waals surface area (Å²) in [5, 5.41) is 12.3. The first kappa shape index (κ1) is 20.1. The van der Waals surface area contributed by atoms with Gasteiger partial charge in [-0.1, -0.05) is 41.4 Å². The van der Waals surface area contributed by atoms with Gasteiger partial charge in [-0.2, -0.15) is 0 Å². The lowest BCUT2D eigenvalue weighted by Gasteiger charge is -2.08. The van der Waals surface area contributed by atoms with Crippen LogP contribution in [0.2, 0.25) is 10.0 Å². The van der Waals surface area contributed by atoms with Crippen molar-refractivity contribution in [2.45, 2.75) is 25.8 Å². The molecule has 2 aromatic carbocycles. The third-order valence-corrected chi connectivity index (χ3v) is 4.30. The Morgan fingerprint density at radius 3 is 2.35 bits per heavy atom. The largest absolute Gasteiger partial charge is 0.494 e. The lowest BCUT2D eigenvalue weighted by Crippen LogP contribution is -2.24. The number of amides is 1. The molecule has 2 rings (SSSR count). The molecular formula is C19H19Cl2NO4. The smallest absolute Gasteiger partial charge is 0.303 e. The second-order valence-corrected chi connectivity index (χ2v) is 6.51. The van der Waals surface area contributed by atoms with E-state index in [2.05, 4.69) is 5.32 Å². The summed E-state index contributed by atoms with van der Waals surface area (Å²) >= 11 is 11.8. The molecule has 0 spiro atoms. The highest BCUT2D eigenvalue weighted by Crippen LogP contribution is 2.22. The molecule has 0 heterocycles. The van der Waals surface area contributed by atoms with Crippen LogP contribution in [0, 0.1) is 0 Å². The van der Waals surface area contributed by atoms with Crippen molar-refractivity contribution in [3.05, 3.63) is 63.6 Å². The maximum atomic E-state index is 12.0. The van der Waals surface area contributed by atoms with Crippen molar-refractivity contribution in [3.8, 4) is 5.75 Å². The Kier molecular flexibility index (Phi) is 7.75. The number of carbonyl (C=O) groups is 2. The molecule has 0 radical (unpaired) electrons.